The number of nitrogens with one attached hydrogen (secondary N) is 1. The molecule has 0 aliphatic rings. The summed E-state index contributed by atoms with van der Waals surface area (Å²) in [5.41, 5.74) is 2.20. The van der Waals surface area contributed by atoms with Gasteiger partial charge in [0.25, 0.3) is 0 Å². The first-order chi connectivity index (χ1) is 6.70. The average molecular weight is 191 g/mol. The van der Waals surface area contributed by atoms with Crippen molar-refractivity contribution in [2.45, 2.75) is 26.2 Å². The van der Waals surface area contributed by atoms with Gasteiger partial charge in [-0.15, -0.1) is 0 Å². The minimum absolute atomic E-state index is 0.174. The van der Waals surface area contributed by atoms with E-state index in [9.17, 15) is 4.39 Å². The minimum atomic E-state index is -0.174. The van der Waals surface area contributed by atoms with Crippen LogP contribution in [0.4, 0.5) is 4.39 Å². The van der Waals surface area contributed by atoms with E-state index in [4.69, 9.17) is 0 Å². The molecular formula is C12H14FN. The van der Waals surface area contributed by atoms with Gasteiger partial charge < -0.3 is 4.98 Å². The van der Waals surface area contributed by atoms with Gasteiger partial charge in [-0.05, 0) is 36.6 Å². The molecule has 0 aliphatic heterocycles. The Morgan fingerprint density at radius 2 is 2.14 bits per heavy atom. The molecule has 1 N–H and O–H groups in total. The number of rotatable bonds is 2. The maximum Gasteiger partial charge on any atom is 0.123 e. The second-order valence-corrected chi connectivity index (χ2v) is 3.77. The molecule has 2 rings (SSSR count). The fourth-order valence-electron chi connectivity index (χ4n) is 1.61. The van der Waals surface area contributed by atoms with Gasteiger partial charge in [0, 0.05) is 16.6 Å². The molecule has 1 atom stereocenters. The third kappa shape index (κ3) is 1.52. The van der Waals surface area contributed by atoms with Crippen LogP contribution in [-0.4, -0.2) is 4.98 Å². The molecule has 2 aromatic rings. The van der Waals surface area contributed by atoms with Crippen LogP contribution < -0.4 is 0 Å². The maximum atomic E-state index is 12.9. The van der Waals surface area contributed by atoms with Gasteiger partial charge in [0.15, 0.2) is 0 Å². The highest BCUT2D eigenvalue weighted by atomic mass is 19.1. The Morgan fingerprint density at radius 1 is 1.36 bits per heavy atom. The van der Waals surface area contributed by atoms with Crippen LogP contribution >= 0.6 is 0 Å². The minimum Gasteiger partial charge on any atom is -0.358 e. The van der Waals surface area contributed by atoms with Crippen LogP contribution in [0.5, 0.6) is 0 Å². The highest BCUT2D eigenvalue weighted by Gasteiger charge is 2.06. The first-order valence-corrected chi connectivity index (χ1v) is 4.99. The van der Waals surface area contributed by atoms with Crippen molar-refractivity contribution in [2.75, 3.05) is 0 Å². The quantitative estimate of drug-likeness (QED) is 0.742. The predicted molar refractivity (Wildman–Crippen MR) is 57.0 cm³/mol. The first-order valence-electron chi connectivity index (χ1n) is 4.99. The number of fused-ring (bicyclic) bond motifs is 1. The second-order valence-electron chi connectivity index (χ2n) is 3.77. The van der Waals surface area contributed by atoms with Crippen molar-refractivity contribution < 1.29 is 4.39 Å². The lowest BCUT2D eigenvalue weighted by molar-refractivity contribution is 0.630. The Bertz CT molecular complexity index is 445. The van der Waals surface area contributed by atoms with Crippen molar-refractivity contribution >= 4 is 10.9 Å². The van der Waals surface area contributed by atoms with Crippen molar-refractivity contribution in [3.63, 3.8) is 0 Å². The topological polar surface area (TPSA) is 15.8 Å². The summed E-state index contributed by atoms with van der Waals surface area (Å²) >= 11 is 0. The Labute approximate surface area is 82.9 Å². The monoisotopic (exact) mass is 191 g/mol. The first kappa shape index (κ1) is 9.25. The molecule has 1 heterocycles. The Balaban J connectivity index is 2.51. The molecule has 1 aromatic heterocycles. The normalized spacial score (nSPS) is 13.4. The van der Waals surface area contributed by atoms with Crippen molar-refractivity contribution in [2.24, 2.45) is 0 Å². The van der Waals surface area contributed by atoms with Gasteiger partial charge in [0.2, 0.25) is 0 Å². The largest absolute Gasteiger partial charge is 0.358 e. The molecule has 0 aliphatic carbocycles. The number of halogens is 1. The molecule has 1 unspecified atom stereocenters. The smallest absolute Gasteiger partial charge is 0.123 e. The third-order valence-corrected chi connectivity index (χ3v) is 2.75. The summed E-state index contributed by atoms with van der Waals surface area (Å²) in [6, 6.07) is 6.88. The Kier molecular flexibility index (Phi) is 2.28. The van der Waals surface area contributed by atoms with Gasteiger partial charge in [-0.1, -0.05) is 13.8 Å². The lowest BCUT2D eigenvalue weighted by atomic mass is 10.1. The lowest BCUT2D eigenvalue weighted by Gasteiger charge is -2.03. The fourth-order valence-corrected chi connectivity index (χ4v) is 1.61. The molecule has 0 fully saturated rings. The van der Waals surface area contributed by atoms with E-state index in [0.717, 1.165) is 17.3 Å². The number of aromatic amines is 1. The van der Waals surface area contributed by atoms with E-state index < -0.39 is 0 Å². The van der Waals surface area contributed by atoms with E-state index in [-0.39, 0.29) is 5.82 Å². The molecule has 1 nitrogen and oxygen atoms in total. The van der Waals surface area contributed by atoms with Crippen molar-refractivity contribution in [1.29, 1.82) is 0 Å². The molecule has 0 bridgehead atoms. The standard InChI is InChI=1S/C12H14FN/c1-3-8(2)12-7-9-6-10(13)4-5-11(9)14-12/h4-8,14H,3H2,1-2H3. The Morgan fingerprint density at radius 3 is 2.86 bits per heavy atom. The fraction of sp³-hybridized carbons (Fsp3) is 0.333. The zero-order valence-electron chi connectivity index (χ0n) is 8.47. The summed E-state index contributed by atoms with van der Waals surface area (Å²) in [5.74, 6) is 0.331. The predicted octanol–water partition coefficient (Wildman–Crippen LogP) is 3.82. The molecule has 2 heteroatoms. The van der Waals surface area contributed by atoms with Gasteiger partial charge in [-0.25, -0.2) is 4.39 Å². The van der Waals surface area contributed by atoms with Crippen molar-refractivity contribution in [1.82, 2.24) is 4.98 Å². The van der Waals surface area contributed by atoms with Crippen LogP contribution in [0.1, 0.15) is 31.9 Å². The number of benzene rings is 1. The van der Waals surface area contributed by atoms with Gasteiger partial charge in [-0.2, -0.15) is 0 Å². The van der Waals surface area contributed by atoms with E-state index in [1.54, 1.807) is 12.1 Å². The molecule has 14 heavy (non-hydrogen) atoms. The number of hydrogen-bond acceptors (Lipinski definition) is 0. The van der Waals surface area contributed by atoms with Crippen LogP contribution in [0.15, 0.2) is 24.3 Å². The van der Waals surface area contributed by atoms with Gasteiger partial charge in [0.05, 0.1) is 0 Å². The van der Waals surface area contributed by atoms with E-state index >= 15 is 0 Å². The van der Waals surface area contributed by atoms with E-state index in [1.165, 1.54) is 11.8 Å². The molecule has 0 radical (unpaired) electrons. The number of hydrogen-bond donors (Lipinski definition) is 1. The van der Waals surface area contributed by atoms with Crippen LogP contribution in [0.25, 0.3) is 10.9 Å². The van der Waals surface area contributed by atoms with Crippen molar-refractivity contribution in [3.05, 3.63) is 35.8 Å². The second kappa shape index (κ2) is 3.45. The van der Waals surface area contributed by atoms with Gasteiger partial charge >= 0.3 is 0 Å². The molecular weight excluding hydrogens is 177 g/mol. The van der Waals surface area contributed by atoms with E-state index in [2.05, 4.69) is 18.8 Å². The van der Waals surface area contributed by atoms with Crippen LogP contribution in [0.3, 0.4) is 0 Å². The van der Waals surface area contributed by atoms with Crippen LogP contribution in [0.2, 0.25) is 0 Å². The summed E-state index contributed by atoms with van der Waals surface area (Å²) in [4.78, 5) is 3.31. The van der Waals surface area contributed by atoms with Crippen molar-refractivity contribution in [3.8, 4) is 0 Å². The van der Waals surface area contributed by atoms with E-state index in [1.807, 2.05) is 6.07 Å². The van der Waals surface area contributed by atoms with Gasteiger partial charge in [0.1, 0.15) is 5.82 Å². The van der Waals surface area contributed by atoms with Gasteiger partial charge in [-0.3, -0.25) is 0 Å². The summed E-state index contributed by atoms with van der Waals surface area (Å²) in [6.45, 7) is 4.32. The highest BCUT2D eigenvalue weighted by Crippen LogP contribution is 2.23. The van der Waals surface area contributed by atoms with E-state index in [0.29, 0.717) is 5.92 Å². The lowest BCUT2D eigenvalue weighted by Crippen LogP contribution is -1.89. The molecule has 74 valence electrons. The molecule has 0 saturated heterocycles. The van der Waals surface area contributed by atoms with Crippen LogP contribution in [0, 0.1) is 5.82 Å². The summed E-state index contributed by atoms with van der Waals surface area (Å²) < 4.78 is 12.9. The average Bonchev–Trinajstić information content (AvgIpc) is 2.59. The third-order valence-electron chi connectivity index (χ3n) is 2.75. The molecule has 0 spiro atoms. The SMILES string of the molecule is CCC(C)c1cc2cc(F)ccc2[nH]1. The molecule has 1 aromatic carbocycles. The molecule has 0 saturated carbocycles. The molecule has 0 amide bonds. The number of H-pyrrole nitrogens is 1. The number of aromatic nitrogens is 1. The summed E-state index contributed by atoms with van der Waals surface area (Å²) in [7, 11) is 0. The zero-order chi connectivity index (χ0) is 10.1. The Hall–Kier alpha value is -1.31. The zero-order valence-corrected chi connectivity index (χ0v) is 8.47. The van der Waals surface area contributed by atoms with Crippen LogP contribution in [-0.2, 0) is 0 Å². The highest BCUT2D eigenvalue weighted by molar-refractivity contribution is 5.80. The summed E-state index contributed by atoms with van der Waals surface area (Å²) in [5, 5.41) is 0.959. The maximum absolute atomic E-state index is 12.9. The summed E-state index contributed by atoms with van der Waals surface area (Å²) in [6.07, 6.45) is 1.09.